The van der Waals surface area contributed by atoms with Crippen LogP contribution in [0.5, 0.6) is 11.5 Å². The van der Waals surface area contributed by atoms with E-state index in [-0.39, 0.29) is 0 Å². The molecule has 0 atom stereocenters. The van der Waals surface area contributed by atoms with Gasteiger partial charge in [0.25, 0.3) is 5.95 Å². The van der Waals surface area contributed by atoms with Crippen LogP contribution in [0.25, 0.3) is 0 Å². The fourth-order valence-corrected chi connectivity index (χ4v) is 0.802. The number of pyridine rings is 1. The van der Waals surface area contributed by atoms with Crippen molar-refractivity contribution in [1.82, 2.24) is 4.98 Å². The fraction of sp³-hybridized carbons (Fsp3) is 0.167. The second-order valence-electron chi connectivity index (χ2n) is 2.12. The van der Waals surface area contributed by atoms with Gasteiger partial charge in [-0.05, 0) is 0 Å². The maximum atomic E-state index is 12.4. The van der Waals surface area contributed by atoms with E-state index in [4.69, 9.17) is 16.7 Å². The van der Waals surface area contributed by atoms with E-state index in [1.165, 1.54) is 0 Å². The van der Waals surface area contributed by atoms with Gasteiger partial charge >= 0.3 is 6.36 Å². The third kappa shape index (κ3) is 2.38. The molecule has 0 saturated heterocycles. The molecular weight excluding hydrogens is 230 g/mol. The van der Waals surface area contributed by atoms with E-state index in [0.29, 0.717) is 6.20 Å². The van der Waals surface area contributed by atoms with Crippen molar-refractivity contribution in [2.45, 2.75) is 6.36 Å². The molecule has 1 heterocycles. The first-order valence-corrected chi connectivity index (χ1v) is 3.48. The Balaban J connectivity index is 3.06. The molecule has 14 heavy (non-hydrogen) atoms. The van der Waals surface area contributed by atoms with Gasteiger partial charge in [0.2, 0.25) is 0 Å². The lowest BCUT2D eigenvalue weighted by Crippen LogP contribution is -2.17. The van der Waals surface area contributed by atoms with Crippen LogP contribution in [0.4, 0.5) is 17.6 Å². The molecule has 0 amide bonds. The summed E-state index contributed by atoms with van der Waals surface area (Å²) in [6, 6.07) is 0. The van der Waals surface area contributed by atoms with Crippen molar-refractivity contribution in [3.05, 3.63) is 17.2 Å². The predicted molar refractivity (Wildman–Crippen MR) is 37.6 cm³/mol. The Kier molecular flexibility index (Phi) is 2.70. The Labute approximate surface area is 79.9 Å². The average molecular weight is 232 g/mol. The Bertz CT molecular complexity index is 354. The molecule has 0 unspecified atom stereocenters. The molecule has 0 aromatic carbocycles. The van der Waals surface area contributed by atoms with Crippen LogP contribution in [-0.4, -0.2) is 16.5 Å². The lowest BCUT2D eigenvalue weighted by Gasteiger charge is -2.10. The summed E-state index contributed by atoms with van der Waals surface area (Å²) < 4.78 is 50.8. The molecule has 1 rings (SSSR count). The minimum absolute atomic E-state index is 0.422. The molecule has 0 radical (unpaired) electrons. The predicted octanol–water partition coefficient (Wildman–Crippen LogP) is 2.48. The number of halogens is 5. The standard InChI is InChI=1S/C6H2ClF4NO2/c7-3-2(14-6(9,10)11)1-12-5(8)4(3)13/h1,13H. The lowest BCUT2D eigenvalue weighted by molar-refractivity contribution is -0.274. The van der Waals surface area contributed by atoms with E-state index >= 15 is 0 Å². The lowest BCUT2D eigenvalue weighted by atomic mass is 10.4. The van der Waals surface area contributed by atoms with E-state index in [9.17, 15) is 17.6 Å². The molecule has 1 aromatic rings. The molecule has 78 valence electrons. The molecule has 0 aliphatic heterocycles. The first-order valence-electron chi connectivity index (χ1n) is 3.10. The summed E-state index contributed by atoms with van der Waals surface area (Å²) in [4.78, 5) is 2.80. The monoisotopic (exact) mass is 231 g/mol. The Hall–Kier alpha value is -1.24. The molecule has 0 saturated carbocycles. The van der Waals surface area contributed by atoms with Crippen LogP contribution in [-0.2, 0) is 0 Å². The number of aromatic hydroxyl groups is 1. The van der Waals surface area contributed by atoms with E-state index in [0.717, 1.165) is 0 Å². The van der Waals surface area contributed by atoms with Crippen molar-refractivity contribution in [1.29, 1.82) is 0 Å². The van der Waals surface area contributed by atoms with Crippen LogP contribution in [0, 0.1) is 5.95 Å². The highest BCUT2D eigenvalue weighted by atomic mass is 35.5. The highest BCUT2D eigenvalue weighted by Crippen LogP contribution is 2.36. The summed E-state index contributed by atoms with van der Waals surface area (Å²) in [5.74, 6) is -3.52. The Morgan fingerprint density at radius 2 is 2.00 bits per heavy atom. The van der Waals surface area contributed by atoms with Gasteiger partial charge in [0, 0.05) is 0 Å². The number of hydrogen-bond donors (Lipinski definition) is 1. The zero-order chi connectivity index (χ0) is 10.9. The van der Waals surface area contributed by atoms with Gasteiger partial charge in [0.15, 0.2) is 11.5 Å². The number of nitrogens with zero attached hydrogens (tertiary/aromatic N) is 1. The van der Waals surface area contributed by atoms with Crippen molar-refractivity contribution < 1.29 is 27.4 Å². The van der Waals surface area contributed by atoms with Crippen molar-refractivity contribution in [3.63, 3.8) is 0 Å². The molecule has 0 spiro atoms. The summed E-state index contributed by atoms with van der Waals surface area (Å²) in [6.45, 7) is 0. The SMILES string of the molecule is Oc1c(F)ncc(OC(F)(F)F)c1Cl. The minimum Gasteiger partial charge on any atom is -0.503 e. The van der Waals surface area contributed by atoms with Crippen molar-refractivity contribution in [2.75, 3.05) is 0 Å². The van der Waals surface area contributed by atoms with Gasteiger partial charge in [-0.3, -0.25) is 0 Å². The van der Waals surface area contributed by atoms with E-state index in [1.807, 2.05) is 0 Å². The van der Waals surface area contributed by atoms with Crippen LogP contribution in [0.1, 0.15) is 0 Å². The van der Waals surface area contributed by atoms with Crippen LogP contribution in [0.15, 0.2) is 6.20 Å². The van der Waals surface area contributed by atoms with Gasteiger partial charge in [-0.15, -0.1) is 13.2 Å². The van der Waals surface area contributed by atoms with Crippen LogP contribution < -0.4 is 4.74 Å². The zero-order valence-corrected chi connectivity index (χ0v) is 7.03. The molecule has 3 nitrogen and oxygen atoms in total. The molecule has 0 bridgehead atoms. The van der Waals surface area contributed by atoms with Crippen molar-refractivity contribution >= 4 is 11.6 Å². The Morgan fingerprint density at radius 1 is 1.43 bits per heavy atom. The van der Waals surface area contributed by atoms with E-state index in [2.05, 4.69) is 9.72 Å². The molecule has 1 N–H and O–H groups in total. The minimum atomic E-state index is -4.98. The number of hydrogen-bond acceptors (Lipinski definition) is 3. The van der Waals surface area contributed by atoms with Gasteiger partial charge in [-0.2, -0.15) is 4.39 Å². The highest BCUT2D eigenvalue weighted by molar-refractivity contribution is 6.33. The maximum Gasteiger partial charge on any atom is 0.573 e. The fourth-order valence-electron chi connectivity index (χ4n) is 0.636. The second-order valence-corrected chi connectivity index (χ2v) is 2.50. The molecular formula is C6H2ClF4NO2. The van der Waals surface area contributed by atoms with Crippen LogP contribution in [0.2, 0.25) is 5.02 Å². The topological polar surface area (TPSA) is 42.4 Å². The third-order valence-electron chi connectivity index (χ3n) is 1.14. The maximum absolute atomic E-state index is 12.4. The summed E-state index contributed by atoms with van der Waals surface area (Å²) in [5, 5.41) is 7.89. The smallest absolute Gasteiger partial charge is 0.503 e. The number of alkyl halides is 3. The zero-order valence-electron chi connectivity index (χ0n) is 6.27. The Morgan fingerprint density at radius 3 is 2.50 bits per heavy atom. The molecule has 8 heteroatoms. The van der Waals surface area contributed by atoms with Gasteiger partial charge in [-0.25, -0.2) is 4.98 Å². The number of aromatic nitrogens is 1. The number of ether oxygens (including phenoxy) is 1. The quantitative estimate of drug-likeness (QED) is 0.596. The van der Waals surface area contributed by atoms with Crippen molar-refractivity contribution in [3.8, 4) is 11.5 Å². The van der Waals surface area contributed by atoms with Gasteiger partial charge in [0.05, 0.1) is 6.20 Å². The first-order chi connectivity index (χ1) is 6.31. The summed E-state index contributed by atoms with van der Waals surface area (Å²) in [7, 11) is 0. The number of rotatable bonds is 1. The van der Waals surface area contributed by atoms with Gasteiger partial charge < -0.3 is 9.84 Å². The van der Waals surface area contributed by atoms with Gasteiger partial charge in [0.1, 0.15) is 5.02 Å². The van der Waals surface area contributed by atoms with Gasteiger partial charge in [-0.1, -0.05) is 11.6 Å². The highest BCUT2D eigenvalue weighted by Gasteiger charge is 2.33. The summed E-state index contributed by atoms with van der Waals surface area (Å²) in [5.41, 5.74) is 0. The molecule has 0 aliphatic rings. The van der Waals surface area contributed by atoms with E-state index in [1.54, 1.807) is 0 Å². The summed E-state index contributed by atoms with van der Waals surface area (Å²) >= 11 is 5.15. The summed E-state index contributed by atoms with van der Waals surface area (Å²) in [6.07, 6.45) is -4.56. The normalized spacial score (nSPS) is 11.5. The van der Waals surface area contributed by atoms with Crippen LogP contribution >= 0.6 is 11.6 Å². The average Bonchev–Trinajstić information content (AvgIpc) is 2.04. The molecule has 1 aromatic heterocycles. The molecule has 0 fully saturated rings. The van der Waals surface area contributed by atoms with Crippen molar-refractivity contribution in [2.24, 2.45) is 0 Å². The first kappa shape index (κ1) is 10.8. The second kappa shape index (κ2) is 3.49. The van der Waals surface area contributed by atoms with E-state index < -0.39 is 28.8 Å². The molecule has 0 aliphatic carbocycles. The largest absolute Gasteiger partial charge is 0.573 e. The van der Waals surface area contributed by atoms with Crippen LogP contribution in [0.3, 0.4) is 0 Å². The third-order valence-corrected chi connectivity index (χ3v) is 1.51.